The minimum absolute atomic E-state index is 0.201. The molecule has 0 aliphatic carbocycles. The second-order valence-electron chi connectivity index (χ2n) is 5.68. The molecule has 2 aromatic rings. The van der Waals surface area contributed by atoms with E-state index >= 15 is 0 Å². The van der Waals surface area contributed by atoms with Crippen LogP contribution in [-0.4, -0.2) is 0 Å². The van der Waals surface area contributed by atoms with Crippen molar-refractivity contribution >= 4 is 0 Å². The van der Waals surface area contributed by atoms with Gasteiger partial charge in [0.1, 0.15) is 5.75 Å². The fourth-order valence-electron chi connectivity index (χ4n) is 1.81. The molecule has 2 nitrogen and oxygen atoms in total. The van der Waals surface area contributed by atoms with Gasteiger partial charge in [-0.1, -0.05) is 63.2 Å². The maximum atomic E-state index is 5.46. The summed E-state index contributed by atoms with van der Waals surface area (Å²) >= 11 is 0. The Bertz CT molecular complexity index is 497. The zero-order valence-electron chi connectivity index (χ0n) is 11.8. The van der Waals surface area contributed by atoms with Gasteiger partial charge in [-0.3, -0.25) is 0 Å². The highest BCUT2D eigenvalue weighted by Crippen LogP contribution is 2.22. The van der Waals surface area contributed by atoms with E-state index in [1.807, 2.05) is 30.3 Å². The van der Waals surface area contributed by atoms with Gasteiger partial charge >= 0.3 is 0 Å². The Kier molecular flexibility index (Phi) is 4.23. The Balaban J connectivity index is 1.87. The zero-order valence-corrected chi connectivity index (χ0v) is 11.8. The van der Waals surface area contributed by atoms with Gasteiger partial charge in [-0.2, -0.15) is 5.48 Å². The van der Waals surface area contributed by atoms with Gasteiger partial charge < -0.3 is 4.84 Å². The molecule has 0 heterocycles. The van der Waals surface area contributed by atoms with E-state index in [4.69, 9.17) is 4.84 Å². The van der Waals surface area contributed by atoms with Crippen LogP contribution in [0.4, 0.5) is 0 Å². The molecule has 0 spiro atoms. The van der Waals surface area contributed by atoms with E-state index in [2.05, 4.69) is 50.5 Å². The summed E-state index contributed by atoms with van der Waals surface area (Å²) < 4.78 is 0. The Morgan fingerprint density at radius 3 is 2.11 bits per heavy atom. The predicted octanol–water partition coefficient (Wildman–Crippen LogP) is 4.07. The molecule has 1 N–H and O–H groups in total. The lowest BCUT2D eigenvalue weighted by atomic mass is 9.87. The van der Waals surface area contributed by atoms with Gasteiger partial charge in [-0.15, -0.1) is 0 Å². The molecular weight excluding hydrogens is 234 g/mol. The molecule has 0 aliphatic rings. The minimum Gasteiger partial charge on any atom is -0.408 e. The van der Waals surface area contributed by atoms with Crippen molar-refractivity contribution in [3.63, 3.8) is 0 Å². The number of hydrogen-bond acceptors (Lipinski definition) is 2. The third-order valence-electron chi connectivity index (χ3n) is 3.03. The summed E-state index contributed by atoms with van der Waals surface area (Å²) in [6.45, 7) is 7.36. The largest absolute Gasteiger partial charge is 0.408 e. The van der Waals surface area contributed by atoms with Gasteiger partial charge in [-0.25, -0.2) is 0 Å². The van der Waals surface area contributed by atoms with Crippen molar-refractivity contribution in [3.8, 4) is 5.75 Å². The van der Waals surface area contributed by atoms with Crippen LogP contribution in [0.2, 0.25) is 0 Å². The molecule has 0 saturated heterocycles. The average Bonchev–Trinajstić information content (AvgIpc) is 2.39. The molecule has 0 aromatic heterocycles. The molecule has 0 bridgehead atoms. The maximum absolute atomic E-state index is 5.46. The summed E-state index contributed by atoms with van der Waals surface area (Å²) in [7, 11) is 0. The van der Waals surface area contributed by atoms with Crippen LogP contribution >= 0.6 is 0 Å². The fraction of sp³-hybridized carbons (Fsp3) is 0.294. The SMILES string of the molecule is CC(C)(C)c1ccc(CNOc2ccccc2)cc1. The molecule has 0 fully saturated rings. The van der Waals surface area contributed by atoms with Crippen LogP contribution in [0.3, 0.4) is 0 Å². The first-order valence-electron chi connectivity index (χ1n) is 6.60. The second kappa shape index (κ2) is 5.89. The Morgan fingerprint density at radius 2 is 1.53 bits per heavy atom. The van der Waals surface area contributed by atoms with E-state index in [9.17, 15) is 0 Å². The monoisotopic (exact) mass is 255 g/mol. The van der Waals surface area contributed by atoms with Crippen molar-refractivity contribution in [3.05, 3.63) is 65.7 Å². The first kappa shape index (κ1) is 13.6. The molecule has 2 heteroatoms. The summed E-state index contributed by atoms with van der Waals surface area (Å²) in [6.07, 6.45) is 0. The van der Waals surface area contributed by atoms with E-state index in [1.54, 1.807) is 0 Å². The number of para-hydroxylation sites is 1. The van der Waals surface area contributed by atoms with Crippen molar-refractivity contribution < 1.29 is 4.84 Å². The summed E-state index contributed by atoms with van der Waals surface area (Å²) in [5, 5.41) is 0. The van der Waals surface area contributed by atoms with Gasteiger partial charge in [0.05, 0.1) is 6.54 Å². The predicted molar refractivity (Wildman–Crippen MR) is 79.1 cm³/mol. The van der Waals surface area contributed by atoms with Crippen LogP contribution in [-0.2, 0) is 12.0 Å². The Labute approximate surface area is 115 Å². The molecule has 2 aromatic carbocycles. The highest BCUT2D eigenvalue weighted by molar-refractivity contribution is 5.27. The van der Waals surface area contributed by atoms with E-state index < -0.39 is 0 Å². The smallest absolute Gasteiger partial charge is 0.147 e. The van der Waals surface area contributed by atoms with Crippen LogP contribution in [0.1, 0.15) is 31.9 Å². The number of nitrogens with one attached hydrogen (secondary N) is 1. The lowest BCUT2D eigenvalue weighted by Crippen LogP contribution is -2.18. The van der Waals surface area contributed by atoms with E-state index in [0.29, 0.717) is 6.54 Å². The standard InChI is InChI=1S/C17H21NO/c1-17(2,3)15-11-9-14(10-12-15)13-18-19-16-7-5-4-6-8-16/h4-12,18H,13H2,1-3H3. The molecular formula is C17H21NO. The first-order valence-corrected chi connectivity index (χ1v) is 6.60. The minimum atomic E-state index is 0.201. The number of benzene rings is 2. The molecule has 0 radical (unpaired) electrons. The van der Waals surface area contributed by atoms with Crippen molar-refractivity contribution in [1.82, 2.24) is 5.48 Å². The molecule has 19 heavy (non-hydrogen) atoms. The average molecular weight is 255 g/mol. The van der Waals surface area contributed by atoms with E-state index in [1.165, 1.54) is 11.1 Å². The Hall–Kier alpha value is -1.80. The van der Waals surface area contributed by atoms with E-state index in [-0.39, 0.29) is 5.41 Å². The quantitative estimate of drug-likeness (QED) is 0.832. The van der Waals surface area contributed by atoms with Crippen LogP contribution in [0, 0.1) is 0 Å². The highest BCUT2D eigenvalue weighted by atomic mass is 16.6. The molecule has 2 rings (SSSR count). The molecule has 0 aliphatic heterocycles. The number of hydrogen-bond donors (Lipinski definition) is 1. The lowest BCUT2D eigenvalue weighted by Gasteiger charge is -2.19. The molecule has 0 atom stereocenters. The number of rotatable bonds is 4. The van der Waals surface area contributed by atoms with Gasteiger partial charge in [0.2, 0.25) is 0 Å². The number of hydroxylamine groups is 1. The van der Waals surface area contributed by atoms with Gasteiger partial charge in [-0.05, 0) is 28.7 Å². The normalized spacial score (nSPS) is 11.3. The van der Waals surface area contributed by atoms with Crippen LogP contribution in [0.15, 0.2) is 54.6 Å². The highest BCUT2D eigenvalue weighted by Gasteiger charge is 2.12. The molecule has 0 unspecified atom stereocenters. The van der Waals surface area contributed by atoms with Gasteiger partial charge in [0.15, 0.2) is 0 Å². The molecule has 0 amide bonds. The van der Waals surface area contributed by atoms with E-state index in [0.717, 1.165) is 5.75 Å². The third kappa shape index (κ3) is 4.11. The zero-order chi connectivity index (χ0) is 13.7. The van der Waals surface area contributed by atoms with Gasteiger partial charge in [0, 0.05) is 0 Å². The summed E-state index contributed by atoms with van der Waals surface area (Å²) in [5.74, 6) is 0.828. The lowest BCUT2D eigenvalue weighted by molar-refractivity contribution is 0.190. The first-order chi connectivity index (χ1) is 9.05. The second-order valence-corrected chi connectivity index (χ2v) is 5.68. The van der Waals surface area contributed by atoms with Crippen LogP contribution in [0.25, 0.3) is 0 Å². The molecule has 0 saturated carbocycles. The fourth-order valence-corrected chi connectivity index (χ4v) is 1.81. The third-order valence-corrected chi connectivity index (χ3v) is 3.03. The van der Waals surface area contributed by atoms with Crippen molar-refractivity contribution in [1.29, 1.82) is 0 Å². The summed E-state index contributed by atoms with van der Waals surface area (Å²) in [4.78, 5) is 5.46. The van der Waals surface area contributed by atoms with Crippen LogP contribution in [0.5, 0.6) is 5.75 Å². The van der Waals surface area contributed by atoms with Crippen molar-refractivity contribution in [2.75, 3.05) is 0 Å². The van der Waals surface area contributed by atoms with Crippen LogP contribution < -0.4 is 10.3 Å². The van der Waals surface area contributed by atoms with Crippen molar-refractivity contribution in [2.45, 2.75) is 32.7 Å². The maximum Gasteiger partial charge on any atom is 0.147 e. The summed E-state index contributed by atoms with van der Waals surface area (Å²) in [6, 6.07) is 18.4. The summed E-state index contributed by atoms with van der Waals surface area (Å²) in [5.41, 5.74) is 5.74. The topological polar surface area (TPSA) is 21.3 Å². The van der Waals surface area contributed by atoms with Crippen molar-refractivity contribution in [2.24, 2.45) is 0 Å². The van der Waals surface area contributed by atoms with Gasteiger partial charge in [0.25, 0.3) is 0 Å². The molecule has 100 valence electrons. The Morgan fingerprint density at radius 1 is 0.895 bits per heavy atom.